The minimum absolute atomic E-state index is 0. The van der Waals surface area contributed by atoms with Crippen molar-refractivity contribution in [1.29, 1.82) is 0 Å². The van der Waals surface area contributed by atoms with Crippen LogP contribution in [0.5, 0.6) is 0 Å². The van der Waals surface area contributed by atoms with Gasteiger partial charge in [0.1, 0.15) is 11.4 Å². The number of halogens is 1. The van der Waals surface area contributed by atoms with Crippen molar-refractivity contribution >= 4 is 33.9 Å². The fraction of sp³-hybridized carbons (Fsp3) is 0. The van der Waals surface area contributed by atoms with Crippen LogP contribution in [0.15, 0.2) is 65.4 Å². The summed E-state index contributed by atoms with van der Waals surface area (Å²) in [7, 11) is 0. The van der Waals surface area contributed by atoms with Crippen LogP contribution in [0.1, 0.15) is 1.43 Å². The maximum absolute atomic E-state index is 13.7. The first-order valence-corrected chi connectivity index (χ1v) is 8.31. The number of thiazole rings is 1. The number of nitrogens with one attached hydrogen (secondary N) is 1. The maximum atomic E-state index is 13.7. The predicted octanol–water partition coefficient (Wildman–Crippen LogP) is 3.17. The highest BCUT2D eigenvalue weighted by Crippen LogP contribution is 2.23. The molecule has 0 saturated heterocycles. The summed E-state index contributed by atoms with van der Waals surface area (Å²) < 4.78 is 13.7. The van der Waals surface area contributed by atoms with E-state index in [-0.39, 0.29) is 13.0 Å². The van der Waals surface area contributed by atoms with E-state index in [0.717, 1.165) is 6.20 Å². The molecular weight excluding hydrogens is 355 g/mol. The molecule has 3 aromatic rings. The second kappa shape index (κ2) is 8.08. The minimum Gasteiger partial charge on any atom is -0.405 e. The standard InChI is InChI=1S/C17H13FN6OS.H2/c18-11-4-3-9-21-15(11)22-13(6-7-19)16(25)24-17-23-14(10-26-17)12-5-1-2-8-20-12;/h1-10H,19H2,(H,23,24,25);1H/b7-6-,22-13-;. The Balaban J connectivity index is 0.00000261. The van der Waals surface area contributed by atoms with Gasteiger partial charge < -0.3 is 5.73 Å². The number of hydrogen-bond acceptors (Lipinski definition) is 7. The van der Waals surface area contributed by atoms with E-state index in [4.69, 9.17) is 5.73 Å². The summed E-state index contributed by atoms with van der Waals surface area (Å²) in [6.07, 6.45) is 5.44. The van der Waals surface area contributed by atoms with Crippen LogP contribution in [0.3, 0.4) is 0 Å². The Morgan fingerprint density at radius 3 is 2.81 bits per heavy atom. The van der Waals surface area contributed by atoms with Gasteiger partial charge in [0.2, 0.25) is 0 Å². The molecule has 0 bridgehead atoms. The molecule has 0 aliphatic heterocycles. The van der Waals surface area contributed by atoms with Gasteiger partial charge in [0.05, 0.1) is 5.69 Å². The number of nitrogens with zero attached hydrogens (tertiary/aromatic N) is 4. The number of carbonyl (C=O) groups excluding carboxylic acids is 1. The molecule has 0 aliphatic rings. The highest BCUT2D eigenvalue weighted by molar-refractivity contribution is 7.14. The number of aliphatic imine (C=N–C) groups is 1. The number of hydrogen-bond donors (Lipinski definition) is 2. The van der Waals surface area contributed by atoms with Crippen LogP contribution in [0.4, 0.5) is 15.3 Å². The lowest BCUT2D eigenvalue weighted by Crippen LogP contribution is -2.21. The Kier molecular flexibility index (Phi) is 5.40. The highest BCUT2D eigenvalue weighted by Gasteiger charge is 2.14. The molecule has 3 N–H and O–H groups in total. The topological polar surface area (TPSA) is 106 Å². The zero-order chi connectivity index (χ0) is 18.4. The molecular formula is C17H15FN6OS. The largest absolute Gasteiger partial charge is 0.405 e. The first kappa shape index (κ1) is 17.4. The molecule has 0 saturated carbocycles. The number of aromatic nitrogens is 3. The van der Waals surface area contributed by atoms with Crippen molar-refractivity contribution in [2.45, 2.75) is 0 Å². The van der Waals surface area contributed by atoms with Crippen molar-refractivity contribution in [1.82, 2.24) is 15.0 Å². The van der Waals surface area contributed by atoms with Crippen molar-refractivity contribution in [3.63, 3.8) is 0 Å². The lowest BCUT2D eigenvalue weighted by atomic mass is 10.3. The van der Waals surface area contributed by atoms with Gasteiger partial charge in [-0.25, -0.2) is 19.4 Å². The third-order valence-corrected chi connectivity index (χ3v) is 3.86. The normalized spacial score (nSPS) is 11.7. The number of nitrogens with two attached hydrogens (primary N) is 1. The van der Waals surface area contributed by atoms with Crippen LogP contribution in [-0.4, -0.2) is 26.6 Å². The fourth-order valence-corrected chi connectivity index (χ4v) is 2.65. The summed E-state index contributed by atoms with van der Waals surface area (Å²) in [5.41, 5.74) is 6.58. The number of rotatable bonds is 5. The van der Waals surface area contributed by atoms with Gasteiger partial charge in [-0.15, -0.1) is 11.3 Å². The van der Waals surface area contributed by atoms with Crippen LogP contribution >= 0.6 is 11.3 Å². The number of anilines is 1. The Bertz CT molecular complexity index is 976. The van der Waals surface area contributed by atoms with E-state index in [1.165, 1.54) is 35.7 Å². The molecule has 0 unspecified atom stereocenters. The molecule has 0 aromatic carbocycles. The van der Waals surface area contributed by atoms with Crippen molar-refractivity contribution < 1.29 is 10.6 Å². The van der Waals surface area contributed by atoms with Crippen LogP contribution in [0.25, 0.3) is 11.4 Å². The first-order valence-electron chi connectivity index (χ1n) is 7.43. The average molecular weight is 370 g/mol. The van der Waals surface area contributed by atoms with E-state index >= 15 is 0 Å². The van der Waals surface area contributed by atoms with Crippen molar-refractivity contribution in [3.05, 3.63) is 66.2 Å². The third kappa shape index (κ3) is 4.14. The summed E-state index contributed by atoms with van der Waals surface area (Å²) in [6.45, 7) is 0. The smallest absolute Gasteiger partial charge is 0.276 e. The molecule has 26 heavy (non-hydrogen) atoms. The Morgan fingerprint density at radius 1 is 1.23 bits per heavy atom. The summed E-state index contributed by atoms with van der Waals surface area (Å²) in [5, 5.41) is 4.74. The molecule has 3 heterocycles. The van der Waals surface area contributed by atoms with Gasteiger partial charge >= 0.3 is 0 Å². The fourth-order valence-electron chi connectivity index (χ4n) is 1.95. The second-order valence-electron chi connectivity index (χ2n) is 4.87. The van der Waals surface area contributed by atoms with E-state index in [1.807, 2.05) is 12.1 Å². The molecule has 9 heteroatoms. The van der Waals surface area contributed by atoms with Crippen molar-refractivity contribution in [2.75, 3.05) is 5.32 Å². The van der Waals surface area contributed by atoms with Gasteiger partial charge in [0.25, 0.3) is 5.91 Å². The van der Waals surface area contributed by atoms with Gasteiger partial charge in [-0.2, -0.15) is 0 Å². The van der Waals surface area contributed by atoms with Crippen LogP contribution in [-0.2, 0) is 4.79 Å². The Morgan fingerprint density at radius 2 is 2.08 bits per heavy atom. The zero-order valence-electron chi connectivity index (χ0n) is 13.3. The highest BCUT2D eigenvalue weighted by atomic mass is 32.1. The van der Waals surface area contributed by atoms with E-state index in [9.17, 15) is 9.18 Å². The minimum atomic E-state index is -0.644. The number of pyridine rings is 2. The summed E-state index contributed by atoms with van der Waals surface area (Å²) >= 11 is 1.23. The molecule has 0 atom stereocenters. The second-order valence-corrected chi connectivity index (χ2v) is 5.73. The SMILES string of the molecule is N/C=C\C(=N\c1ncccc1F)C(=O)Nc1nc(-c2ccccn2)cs1.[HH]. The summed E-state index contributed by atoms with van der Waals surface area (Å²) in [5.74, 6) is -1.43. The van der Waals surface area contributed by atoms with Gasteiger partial charge in [0, 0.05) is 19.2 Å². The molecule has 7 nitrogen and oxygen atoms in total. The predicted molar refractivity (Wildman–Crippen MR) is 101 cm³/mol. The third-order valence-electron chi connectivity index (χ3n) is 3.10. The van der Waals surface area contributed by atoms with E-state index in [0.29, 0.717) is 16.5 Å². The maximum Gasteiger partial charge on any atom is 0.276 e. The molecule has 3 aromatic heterocycles. The van der Waals surface area contributed by atoms with Gasteiger partial charge in [-0.05, 0) is 36.5 Å². The Hall–Kier alpha value is -3.46. The lowest BCUT2D eigenvalue weighted by molar-refractivity contribution is -0.110. The lowest BCUT2D eigenvalue weighted by Gasteiger charge is -2.02. The molecule has 0 aliphatic carbocycles. The van der Waals surface area contributed by atoms with Crippen molar-refractivity contribution in [3.8, 4) is 11.4 Å². The quantitative estimate of drug-likeness (QED) is 0.671. The molecule has 0 spiro atoms. The van der Waals surface area contributed by atoms with Crippen LogP contribution in [0.2, 0.25) is 0 Å². The molecule has 1 amide bonds. The van der Waals surface area contributed by atoms with Gasteiger partial charge in [-0.3, -0.25) is 15.1 Å². The zero-order valence-corrected chi connectivity index (χ0v) is 14.2. The molecule has 0 radical (unpaired) electrons. The van der Waals surface area contributed by atoms with Gasteiger partial charge in [0.15, 0.2) is 16.8 Å². The van der Waals surface area contributed by atoms with E-state index < -0.39 is 11.7 Å². The summed E-state index contributed by atoms with van der Waals surface area (Å²) in [4.78, 5) is 28.6. The van der Waals surface area contributed by atoms with Crippen molar-refractivity contribution in [2.24, 2.45) is 10.7 Å². The van der Waals surface area contributed by atoms with E-state index in [2.05, 4.69) is 25.3 Å². The monoisotopic (exact) mass is 370 g/mol. The van der Waals surface area contributed by atoms with Gasteiger partial charge in [-0.1, -0.05) is 6.07 Å². The molecule has 0 fully saturated rings. The number of amides is 1. The van der Waals surface area contributed by atoms with Crippen LogP contribution in [0, 0.1) is 5.82 Å². The molecule has 132 valence electrons. The summed E-state index contributed by atoms with van der Waals surface area (Å²) in [6, 6.07) is 8.10. The first-order chi connectivity index (χ1) is 12.7. The molecule has 3 rings (SSSR count). The van der Waals surface area contributed by atoms with Crippen LogP contribution < -0.4 is 11.1 Å². The average Bonchev–Trinajstić information content (AvgIpc) is 3.12. The Labute approximate surface area is 153 Å². The van der Waals surface area contributed by atoms with E-state index in [1.54, 1.807) is 17.6 Å². The number of carbonyl (C=O) groups is 1.